The minimum Gasteiger partial charge on any atom is -0.466 e. The third-order valence-corrected chi connectivity index (χ3v) is 5.40. The first-order chi connectivity index (χ1) is 13.8. The second-order valence-electron chi connectivity index (χ2n) is 8.32. The molecule has 0 atom stereocenters. The third kappa shape index (κ3) is 23.2. The van der Waals surface area contributed by atoms with Gasteiger partial charge in [0, 0.05) is 6.42 Å². The lowest BCUT2D eigenvalue weighted by Crippen LogP contribution is -2.05. The summed E-state index contributed by atoms with van der Waals surface area (Å²) in [5, 5.41) is 0. The molecule has 0 amide bonds. The molecule has 0 saturated heterocycles. The number of ether oxygens (including phenoxy) is 1. The first-order valence-electron chi connectivity index (χ1n) is 12.6. The van der Waals surface area contributed by atoms with Crippen LogP contribution in [0.3, 0.4) is 0 Å². The summed E-state index contributed by atoms with van der Waals surface area (Å²) in [6, 6.07) is 0. The van der Waals surface area contributed by atoms with Crippen LogP contribution in [0.15, 0.2) is 12.2 Å². The zero-order chi connectivity index (χ0) is 20.5. The number of hydrogen-bond donors (Lipinski definition) is 0. The molecule has 28 heavy (non-hydrogen) atoms. The van der Waals surface area contributed by atoms with Crippen molar-refractivity contribution in [2.24, 2.45) is 0 Å². The number of allylic oxidation sites excluding steroid dienone is 2. The van der Waals surface area contributed by atoms with Crippen molar-refractivity contribution in [3.63, 3.8) is 0 Å². The Morgan fingerprint density at radius 1 is 0.571 bits per heavy atom. The summed E-state index contributed by atoms with van der Waals surface area (Å²) in [6.07, 6.45) is 29.6. The van der Waals surface area contributed by atoms with Crippen molar-refractivity contribution < 1.29 is 9.53 Å². The van der Waals surface area contributed by atoms with Gasteiger partial charge in [0.05, 0.1) is 6.61 Å². The lowest BCUT2D eigenvalue weighted by molar-refractivity contribution is -0.143. The SMILES string of the molecule is CCCCCCCC/C=C\CCCCCCCCOC(=O)CCCCCCC. The van der Waals surface area contributed by atoms with E-state index in [-0.39, 0.29) is 5.97 Å². The Kier molecular flexibility index (Phi) is 23.6. The summed E-state index contributed by atoms with van der Waals surface area (Å²) in [5.74, 6) is 0.00393. The number of esters is 1. The van der Waals surface area contributed by atoms with Crippen LogP contribution < -0.4 is 0 Å². The fraction of sp³-hybridized carbons (Fsp3) is 0.885. The predicted molar refractivity (Wildman–Crippen MR) is 124 cm³/mol. The highest BCUT2D eigenvalue weighted by Gasteiger charge is 2.02. The molecular formula is C26H50O2. The first kappa shape index (κ1) is 27.2. The molecule has 166 valence electrons. The molecule has 0 N–H and O–H groups in total. The van der Waals surface area contributed by atoms with Crippen molar-refractivity contribution in [1.29, 1.82) is 0 Å². The fourth-order valence-electron chi connectivity index (χ4n) is 3.48. The third-order valence-electron chi connectivity index (χ3n) is 5.40. The first-order valence-corrected chi connectivity index (χ1v) is 12.6. The number of carbonyl (C=O) groups excluding carboxylic acids is 1. The average molecular weight is 395 g/mol. The van der Waals surface area contributed by atoms with Gasteiger partial charge >= 0.3 is 5.97 Å². The van der Waals surface area contributed by atoms with E-state index in [0.717, 1.165) is 19.3 Å². The highest BCUT2D eigenvalue weighted by atomic mass is 16.5. The fourth-order valence-corrected chi connectivity index (χ4v) is 3.48. The van der Waals surface area contributed by atoms with Gasteiger partial charge in [-0.05, 0) is 38.5 Å². The molecule has 0 heterocycles. The van der Waals surface area contributed by atoms with E-state index in [1.54, 1.807) is 0 Å². The van der Waals surface area contributed by atoms with Gasteiger partial charge in [-0.2, -0.15) is 0 Å². The van der Waals surface area contributed by atoms with Gasteiger partial charge in [-0.1, -0.05) is 109 Å². The lowest BCUT2D eigenvalue weighted by atomic mass is 10.1. The molecule has 0 rings (SSSR count). The molecule has 0 spiro atoms. The second-order valence-corrected chi connectivity index (χ2v) is 8.32. The maximum Gasteiger partial charge on any atom is 0.305 e. The molecule has 0 saturated carbocycles. The minimum atomic E-state index is 0.00393. The summed E-state index contributed by atoms with van der Waals surface area (Å²) in [4.78, 5) is 11.6. The Labute approximate surface area is 176 Å². The van der Waals surface area contributed by atoms with Crippen molar-refractivity contribution in [2.75, 3.05) is 6.61 Å². The van der Waals surface area contributed by atoms with Crippen LogP contribution in [0.1, 0.15) is 142 Å². The summed E-state index contributed by atoms with van der Waals surface area (Å²) >= 11 is 0. The molecule has 0 aliphatic carbocycles. The number of unbranched alkanes of at least 4 members (excludes halogenated alkanes) is 16. The molecule has 0 aliphatic heterocycles. The van der Waals surface area contributed by atoms with Crippen LogP contribution >= 0.6 is 0 Å². The molecule has 0 radical (unpaired) electrons. The van der Waals surface area contributed by atoms with Crippen LogP contribution in [0.2, 0.25) is 0 Å². The summed E-state index contributed by atoms with van der Waals surface area (Å²) < 4.78 is 5.32. The molecule has 0 fully saturated rings. The normalized spacial score (nSPS) is 11.4. The number of hydrogen-bond acceptors (Lipinski definition) is 2. The monoisotopic (exact) mass is 394 g/mol. The Morgan fingerprint density at radius 3 is 1.54 bits per heavy atom. The molecule has 0 aromatic rings. The number of rotatable bonds is 22. The maximum atomic E-state index is 11.6. The summed E-state index contributed by atoms with van der Waals surface area (Å²) in [6.45, 7) is 5.11. The van der Waals surface area contributed by atoms with Crippen molar-refractivity contribution in [1.82, 2.24) is 0 Å². The van der Waals surface area contributed by atoms with Crippen molar-refractivity contribution >= 4 is 5.97 Å². The van der Waals surface area contributed by atoms with E-state index in [4.69, 9.17) is 4.74 Å². The minimum absolute atomic E-state index is 0.00393. The topological polar surface area (TPSA) is 26.3 Å². The van der Waals surface area contributed by atoms with E-state index in [1.807, 2.05) is 0 Å². The number of carbonyl (C=O) groups is 1. The predicted octanol–water partition coefficient (Wildman–Crippen LogP) is 8.93. The molecule has 0 aliphatic rings. The molecule has 2 nitrogen and oxygen atoms in total. The Hall–Kier alpha value is -0.790. The average Bonchev–Trinajstić information content (AvgIpc) is 2.70. The lowest BCUT2D eigenvalue weighted by Gasteiger charge is -2.05. The highest BCUT2D eigenvalue weighted by molar-refractivity contribution is 5.69. The van der Waals surface area contributed by atoms with Crippen molar-refractivity contribution in [3.8, 4) is 0 Å². The highest BCUT2D eigenvalue weighted by Crippen LogP contribution is 2.10. The maximum absolute atomic E-state index is 11.6. The van der Waals surface area contributed by atoms with Gasteiger partial charge < -0.3 is 4.74 Å². The van der Waals surface area contributed by atoms with Crippen molar-refractivity contribution in [2.45, 2.75) is 142 Å². The van der Waals surface area contributed by atoms with Crippen LogP contribution in [0, 0.1) is 0 Å². The standard InChI is InChI=1S/C26H50O2/c1-3-5-7-9-10-11-12-13-14-15-16-17-18-19-21-23-25-28-26(27)24-22-20-8-6-4-2/h13-14H,3-12,15-25H2,1-2H3/b14-13-. The molecule has 2 heteroatoms. The molecule has 0 aromatic carbocycles. The zero-order valence-electron chi connectivity index (χ0n) is 19.3. The van der Waals surface area contributed by atoms with Crippen LogP contribution in [0.4, 0.5) is 0 Å². The Balaban J connectivity index is 3.17. The second kappa shape index (κ2) is 24.2. The Morgan fingerprint density at radius 2 is 1.00 bits per heavy atom. The van der Waals surface area contributed by atoms with Crippen LogP contribution in [0.5, 0.6) is 0 Å². The van der Waals surface area contributed by atoms with Gasteiger partial charge in [-0.25, -0.2) is 0 Å². The van der Waals surface area contributed by atoms with Gasteiger partial charge in [-0.3, -0.25) is 4.79 Å². The van der Waals surface area contributed by atoms with E-state index in [9.17, 15) is 4.79 Å². The smallest absolute Gasteiger partial charge is 0.305 e. The van der Waals surface area contributed by atoms with E-state index in [0.29, 0.717) is 13.0 Å². The zero-order valence-corrected chi connectivity index (χ0v) is 19.3. The van der Waals surface area contributed by atoms with E-state index >= 15 is 0 Å². The Bertz CT molecular complexity index is 335. The van der Waals surface area contributed by atoms with Crippen molar-refractivity contribution in [3.05, 3.63) is 12.2 Å². The summed E-state index contributed by atoms with van der Waals surface area (Å²) in [7, 11) is 0. The van der Waals surface area contributed by atoms with Crippen LogP contribution in [-0.4, -0.2) is 12.6 Å². The van der Waals surface area contributed by atoms with E-state index < -0.39 is 0 Å². The van der Waals surface area contributed by atoms with Crippen LogP contribution in [-0.2, 0) is 9.53 Å². The van der Waals surface area contributed by atoms with E-state index in [1.165, 1.54) is 103 Å². The van der Waals surface area contributed by atoms with Gasteiger partial charge in [0.1, 0.15) is 0 Å². The molecular weight excluding hydrogens is 344 g/mol. The largest absolute Gasteiger partial charge is 0.466 e. The van der Waals surface area contributed by atoms with Gasteiger partial charge in [-0.15, -0.1) is 0 Å². The molecule has 0 bridgehead atoms. The van der Waals surface area contributed by atoms with Gasteiger partial charge in [0.2, 0.25) is 0 Å². The van der Waals surface area contributed by atoms with Gasteiger partial charge in [0.15, 0.2) is 0 Å². The molecule has 0 unspecified atom stereocenters. The quantitative estimate of drug-likeness (QED) is 0.104. The van der Waals surface area contributed by atoms with Gasteiger partial charge in [0.25, 0.3) is 0 Å². The van der Waals surface area contributed by atoms with E-state index in [2.05, 4.69) is 26.0 Å². The molecule has 0 aromatic heterocycles. The van der Waals surface area contributed by atoms with Crippen LogP contribution in [0.25, 0.3) is 0 Å². The summed E-state index contributed by atoms with van der Waals surface area (Å²) in [5.41, 5.74) is 0.